The number of benzene rings is 1. The van der Waals surface area contributed by atoms with E-state index < -0.39 is 10.0 Å². The summed E-state index contributed by atoms with van der Waals surface area (Å²) < 4.78 is 33.3. The van der Waals surface area contributed by atoms with Crippen LogP contribution >= 0.6 is 23.2 Å². The molecule has 0 amide bonds. The molecule has 0 saturated heterocycles. The van der Waals surface area contributed by atoms with Crippen LogP contribution in [0, 0.1) is 0 Å². The average molecular weight is 342 g/mol. The second-order valence-electron chi connectivity index (χ2n) is 4.82. The molecule has 1 aromatic rings. The van der Waals surface area contributed by atoms with E-state index in [0.717, 1.165) is 0 Å². The van der Waals surface area contributed by atoms with Crippen molar-refractivity contribution in [1.82, 2.24) is 0 Å². The summed E-state index contributed by atoms with van der Waals surface area (Å²) in [4.78, 5) is -0.228. The molecule has 0 aromatic heterocycles. The van der Waals surface area contributed by atoms with Crippen LogP contribution < -0.4 is 9.88 Å². The SMILES string of the molecule is COC(C)(C)CCOc1cc(Cl)c(S(N)(=O)=O)cc1Cl. The first-order chi connectivity index (χ1) is 9.07. The topological polar surface area (TPSA) is 78.6 Å². The molecular formula is C12H17Cl2NO4S. The van der Waals surface area contributed by atoms with Gasteiger partial charge in [-0.1, -0.05) is 23.2 Å². The molecule has 8 heteroatoms. The zero-order valence-electron chi connectivity index (χ0n) is 11.4. The van der Waals surface area contributed by atoms with Gasteiger partial charge in [-0.3, -0.25) is 0 Å². The van der Waals surface area contributed by atoms with Gasteiger partial charge >= 0.3 is 0 Å². The van der Waals surface area contributed by atoms with Crippen molar-refractivity contribution in [2.45, 2.75) is 30.8 Å². The zero-order valence-corrected chi connectivity index (χ0v) is 13.8. The lowest BCUT2D eigenvalue weighted by Gasteiger charge is -2.22. The number of hydrogen-bond acceptors (Lipinski definition) is 4. The molecule has 0 saturated carbocycles. The van der Waals surface area contributed by atoms with Gasteiger partial charge in [-0.25, -0.2) is 13.6 Å². The molecule has 1 aromatic carbocycles. The second-order valence-corrected chi connectivity index (χ2v) is 7.16. The van der Waals surface area contributed by atoms with Gasteiger partial charge in [0.1, 0.15) is 10.6 Å². The maximum Gasteiger partial charge on any atom is 0.239 e. The third kappa shape index (κ3) is 4.79. The van der Waals surface area contributed by atoms with Crippen LogP contribution in [0.3, 0.4) is 0 Å². The van der Waals surface area contributed by atoms with E-state index in [4.69, 9.17) is 37.8 Å². The molecule has 114 valence electrons. The summed E-state index contributed by atoms with van der Waals surface area (Å²) in [5.41, 5.74) is -0.323. The maximum absolute atomic E-state index is 11.3. The van der Waals surface area contributed by atoms with E-state index in [0.29, 0.717) is 18.8 Å². The molecule has 0 heterocycles. The summed E-state index contributed by atoms with van der Waals surface area (Å²) in [6.07, 6.45) is 0.633. The van der Waals surface area contributed by atoms with E-state index >= 15 is 0 Å². The highest BCUT2D eigenvalue weighted by atomic mass is 35.5. The fraction of sp³-hybridized carbons (Fsp3) is 0.500. The number of rotatable bonds is 6. The van der Waals surface area contributed by atoms with Gasteiger partial charge in [-0.2, -0.15) is 0 Å². The first kappa shape index (κ1) is 17.5. The lowest BCUT2D eigenvalue weighted by atomic mass is 10.1. The van der Waals surface area contributed by atoms with Crippen LogP contribution in [0.5, 0.6) is 5.75 Å². The van der Waals surface area contributed by atoms with E-state index in [2.05, 4.69) is 0 Å². The van der Waals surface area contributed by atoms with Crippen molar-refractivity contribution in [2.75, 3.05) is 13.7 Å². The minimum atomic E-state index is -3.91. The van der Waals surface area contributed by atoms with Gasteiger partial charge in [0.2, 0.25) is 10.0 Å². The summed E-state index contributed by atoms with van der Waals surface area (Å²) >= 11 is 11.8. The van der Waals surface area contributed by atoms with Crippen molar-refractivity contribution in [1.29, 1.82) is 0 Å². The highest BCUT2D eigenvalue weighted by Gasteiger charge is 2.19. The summed E-state index contributed by atoms with van der Waals surface area (Å²) in [6.45, 7) is 4.20. The zero-order chi connectivity index (χ0) is 15.6. The first-order valence-electron chi connectivity index (χ1n) is 5.76. The summed E-state index contributed by atoms with van der Waals surface area (Å²) in [5, 5.41) is 5.13. The fourth-order valence-corrected chi connectivity index (χ4v) is 2.72. The van der Waals surface area contributed by atoms with Gasteiger partial charge < -0.3 is 9.47 Å². The predicted octanol–water partition coefficient (Wildman–Crippen LogP) is 2.83. The third-order valence-electron chi connectivity index (χ3n) is 2.81. The average Bonchev–Trinajstić information content (AvgIpc) is 2.31. The summed E-state index contributed by atoms with van der Waals surface area (Å²) in [5.74, 6) is 0.302. The molecule has 0 bridgehead atoms. The maximum atomic E-state index is 11.3. The van der Waals surface area contributed by atoms with E-state index in [1.165, 1.54) is 12.1 Å². The van der Waals surface area contributed by atoms with Crippen LogP contribution in [0.2, 0.25) is 10.0 Å². The summed E-state index contributed by atoms with van der Waals surface area (Å²) in [7, 11) is -2.30. The van der Waals surface area contributed by atoms with Crippen LogP contribution in [-0.2, 0) is 14.8 Å². The molecular weight excluding hydrogens is 325 g/mol. The van der Waals surface area contributed by atoms with Crippen molar-refractivity contribution >= 4 is 33.2 Å². The molecule has 0 unspecified atom stereocenters. The second kappa shape index (κ2) is 6.49. The van der Waals surface area contributed by atoms with E-state index in [9.17, 15) is 8.42 Å². The Morgan fingerprint density at radius 1 is 1.25 bits per heavy atom. The van der Waals surface area contributed by atoms with Gasteiger partial charge in [-0.05, 0) is 19.9 Å². The number of hydrogen-bond donors (Lipinski definition) is 1. The van der Waals surface area contributed by atoms with Gasteiger partial charge in [0, 0.05) is 19.6 Å². The Labute approximate surface area is 129 Å². The largest absolute Gasteiger partial charge is 0.492 e. The lowest BCUT2D eigenvalue weighted by Crippen LogP contribution is -2.25. The standard InChI is InChI=1S/C12H17Cl2NO4S/c1-12(2,18-3)4-5-19-10-6-9(14)11(7-8(10)13)20(15,16)17/h6-7H,4-5H2,1-3H3,(H2,15,16,17). The van der Waals surface area contributed by atoms with Crippen LogP contribution in [0.25, 0.3) is 0 Å². The van der Waals surface area contributed by atoms with Crippen molar-refractivity contribution in [3.05, 3.63) is 22.2 Å². The number of halogens is 2. The monoisotopic (exact) mass is 341 g/mol. The number of ether oxygens (including phenoxy) is 2. The van der Waals surface area contributed by atoms with E-state index in [1.54, 1.807) is 7.11 Å². The van der Waals surface area contributed by atoms with Crippen LogP contribution in [0.1, 0.15) is 20.3 Å². The normalized spacial score (nSPS) is 12.5. The smallest absolute Gasteiger partial charge is 0.239 e. The number of nitrogens with two attached hydrogens (primary N) is 1. The van der Waals surface area contributed by atoms with Crippen molar-refractivity contribution in [2.24, 2.45) is 5.14 Å². The van der Waals surface area contributed by atoms with Crippen LogP contribution in [0.15, 0.2) is 17.0 Å². The highest BCUT2D eigenvalue weighted by molar-refractivity contribution is 7.89. The Kier molecular flexibility index (Phi) is 5.69. The number of sulfonamides is 1. The Morgan fingerprint density at radius 2 is 1.85 bits per heavy atom. The third-order valence-corrected chi connectivity index (χ3v) is 4.48. The fourth-order valence-electron chi connectivity index (χ4n) is 1.35. The molecule has 5 nitrogen and oxygen atoms in total. The Hall–Kier alpha value is -0.530. The minimum Gasteiger partial charge on any atom is -0.492 e. The Bertz CT molecular complexity index is 587. The molecule has 0 aliphatic rings. The van der Waals surface area contributed by atoms with E-state index in [-0.39, 0.29) is 20.5 Å². The van der Waals surface area contributed by atoms with E-state index in [1.807, 2.05) is 13.8 Å². The van der Waals surface area contributed by atoms with Crippen LogP contribution in [-0.4, -0.2) is 27.7 Å². The van der Waals surface area contributed by atoms with Crippen molar-refractivity contribution in [3.8, 4) is 5.75 Å². The van der Waals surface area contributed by atoms with Gasteiger partial charge in [0.25, 0.3) is 0 Å². The molecule has 20 heavy (non-hydrogen) atoms. The Morgan fingerprint density at radius 3 is 2.35 bits per heavy atom. The van der Waals surface area contributed by atoms with Gasteiger partial charge in [0.15, 0.2) is 0 Å². The molecule has 0 radical (unpaired) electrons. The van der Waals surface area contributed by atoms with Crippen LogP contribution in [0.4, 0.5) is 0 Å². The van der Waals surface area contributed by atoms with Crippen molar-refractivity contribution in [3.63, 3.8) is 0 Å². The first-order valence-corrected chi connectivity index (χ1v) is 8.07. The Balaban J connectivity index is 2.86. The molecule has 0 fully saturated rings. The quantitative estimate of drug-likeness (QED) is 0.862. The van der Waals surface area contributed by atoms with Crippen molar-refractivity contribution < 1.29 is 17.9 Å². The lowest BCUT2D eigenvalue weighted by molar-refractivity contribution is 0.00546. The molecule has 2 N–H and O–H groups in total. The molecule has 0 aliphatic carbocycles. The van der Waals surface area contributed by atoms with Gasteiger partial charge in [-0.15, -0.1) is 0 Å². The molecule has 0 spiro atoms. The minimum absolute atomic E-state index is 0.0297. The number of primary sulfonamides is 1. The molecule has 1 rings (SSSR count). The predicted molar refractivity (Wildman–Crippen MR) is 79.0 cm³/mol. The number of methoxy groups -OCH3 is 1. The molecule has 0 aliphatic heterocycles. The molecule has 0 atom stereocenters. The van der Waals surface area contributed by atoms with Gasteiger partial charge in [0.05, 0.1) is 22.3 Å². The highest BCUT2D eigenvalue weighted by Crippen LogP contribution is 2.33. The summed E-state index contributed by atoms with van der Waals surface area (Å²) in [6, 6.07) is 2.51.